The molecule has 0 saturated carbocycles. The van der Waals surface area contributed by atoms with Crippen molar-refractivity contribution < 1.29 is 0 Å². The van der Waals surface area contributed by atoms with E-state index in [-0.39, 0.29) is 0 Å². The molecule has 0 nitrogen and oxygen atoms in total. The van der Waals surface area contributed by atoms with E-state index < -0.39 is 0 Å². The average molecular weight is 625 g/mol. The Morgan fingerprint density at radius 1 is 0.298 bits per heavy atom. The van der Waals surface area contributed by atoms with Crippen LogP contribution in [0, 0.1) is 27.7 Å². The molecule has 0 heterocycles. The standard InChI is InChI=1S/C21H28.C16H18.C10H14/c1-7-18-11-20(16(5)9-14(18)3)13-21-12-19(8-2)15(4)10-17(21)6;1-3-13-5-9-15(10-6-13)16-11-7-14(4-2)8-12-16;1-3-9-5-7-10(4-2)8-6-9/h9-12H,7-8,13H2,1-6H3;5-12H,3-4H2,1-2H3;5-8H,3-4H2,1-2H3. The molecule has 0 amide bonds. The molecule has 0 radical (unpaired) electrons. The molecule has 0 aliphatic rings. The van der Waals surface area contributed by atoms with Crippen LogP contribution in [0.15, 0.2) is 97.1 Å². The van der Waals surface area contributed by atoms with Crippen molar-refractivity contribution in [3.8, 4) is 11.1 Å². The zero-order chi connectivity index (χ0) is 34.3. The molecule has 0 N–H and O–H groups in total. The maximum absolute atomic E-state index is 2.41. The molecule has 0 aliphatic heterocycles. The van der Waals surface area contributed by atoms with Gasteiger partial charge in [0.2, 0.25) is 0 Å². The van der Waals surface area contributed by atoms with Crippen LogP contribution in [-0.2, 0) is 44.9 Å². The van der Waals surface area contributed by atoms with Gasteiger partial charge in [0, 0.05) is 0 Å². The third-order valence-corrected chi connectivity index (χ3v) is 9.63. The van der Waals surface area contributed by atoms with Crippen molar-refractivity contribution in [2.45, 2.75) is 114 Å². The van der Waals surface area contributed by atoms with Crippen molar-refractivity contribution >= 4 is 0 Å². The van der Waals surface area contributed by atoms with Gasteiger partial charge in [-0.25, -0.2) is 0 Å². The zero-order valence-electron chi connectivity index (χ0n) is 31.2. The fourth-order valence-corrected chi connectivity index (χ4v) is 6.12. The van der Waals surface area contributed by atoms with Crippen LogP contribution in [0.2, 0.25) is 0 Å². The molecule has 0 aliphatic carbocycles. The lowest BCUT2D eigenvalue weighted by Crippen LogP contribution is -2.00. The quantitative estimate of drug-likeness (QED) is 0.153. The lowest BCUT2D eigenvalue weighted by atomic mass is 9.90. The largest absolute Gasteiger partial charge is 0.0613 e. The summed E-state index contributed by atoms with van der Waals surface area (Å²) >= 11 is 0. The van der Waals surface area contributed by atoms with E-state index in [9.17, 15) is 0 Å². The minimum absolute atomic E-state index is 1.05. The molecule has 5 aromatic rings. The Hall–Kier alpha value is -3.90. The molecule has 0 unspecified atom stereocenters. The molecule has 0 fully saturated rings. The molecule has 0 atom stereocenters. The molecule has 47 heavy (non-hydrogen) atoms. The van der Waals surface area contributed by atoms with Crippen molar-refractivity contribution in [2.24, 2.45) is 0 Å². The van der Waals surface area contributed by atoms with Crippen molar-refractivity contribution in [3.63, 3.8) is 0 Å². The van der Waals surface area contributed by atoms with Crippen LogP contribution >= 0.6 is 0 Å². The first-order valence-electron chi connectivity index (χ1n) is 18.1. The smallest absolute Gasteiger partial charge is 0.00203 e. The van der Waals surface area contributed by atoms with Crippen LogP contribution in [-0.4, -0.2) is 0 Å². The highest BCUT2D eigenvalue weighted by atomic mass is 14.1. The highest BCUT2D eigenvalue weighted by Gasteiger charge is 2.09. The number of rotatable bonds is 9. The monoisotopic (exact) mass is 624 g/mol. The van der Waals surface area contributed by atoms with E-state index in [1.54, 1.807) is 0 Å². The van der Waals surface area contributed by atoms with E-state index in [1.807, 2.05) is 0 Å². The van der Waals surface area contributed by atoms with Crippen LogP contribution in [0.1, 0.15) is 108 Å². The minimum atomic E-state index is 1.05. The predicted octanol–water partition coefficient (Wildman–Crippen LogP) is 12.9. The lowest BCUT2D eigenvalue weighted by molar-refractivity contribution is 1.04. The highest BCUT2D eigenvalue weighted by Crippen LogP contribution is 2.24. The summed E-state index contributed by atoms with van der Waals surface area (Å²) in [5, 5.41) is 0. The molecular formula is C47H60. The topological polar surface area (TPSA) is 0 Å². The van der Waals surface area contributed by atoms with E-state index in [0.29, 0.717) is 0 Å². The second kappa shape index (κ2) is 19.0. The van der Waals surface area contributed by atoms with E-state index in [2.05, 4.69) is 166 Å². The van der Waals surface area contributed by atoms with E-state index in [1.165, 1.54) is 77.9 Å². The summed E-state index contributed by atoms with van der Waals surface area (Å²) < 4.78 is 0. The van der Waals surface area contributed by atoms with Crippen LogP contribution in [0.5, 0.6) is 0 Å². The van der Waals surface area contributed by atoms with Gasteiger partial charge in [-0.05, 0) is 151 Å². The molecule has 0 bridgehead atoms. The normalized spacial score (nSPS) is 10.5. The maximum atomic E-state index is 2.41. The predicted molar refractivity (Wildman–Crippen MR) is 209 cm³/mol. The molecule has 0 saturated heterocycles. The fraction of sp³-hybridized carbons (Fsp3) is 0.362. The van der Waals surface area contributed by atoms with Crippen LogP contribution in [0.4, 0.5) is 0 Å². The summed E-state index contributed by atoms with van der Waals surface area (Å²) in [6.07, 6.45) is 7.79. The van der Waals surface area contributed by atoms with Crippen molar-refractivity contribution in [1.29, 1.82) is 0 Å². The molecule has 248 valence electrons. The van der Waals surface area contributed by atoms with Crippen molar-refractivity contribution in [1.82, 2.24) is 0 Å². The lowest BCUT2D eigenvalue weighted by Gasteiger charge is -2.15. The first kappa shape index (κ1) is 37.6. The summed E-state index contributed by atoms with van der Waals surface area (Å²) in [4.78, 5) is 0. The van der Waals surface area contributed by atoms with Gasteiger partial charge in [0.15, 0.2) is 0 Å². The Kier molecular flexibility index (Phi) is 15.2. The second-order valence-electron chi connectivity index (χ2n) is 12.9. The van der Waals surface area contributed by atoms with Gasteiger partial charge in [-0.3, -0.25) is 0 Å². The Morgan fingerprint density at radius 2 is 0.553 bits per heavy atom. The van der Waals surface area contributed by atoms with Gasteiger partial charge >= 0.3 is 0 Å². The highest BCUT2D eigenvalue weighted by molar-refractivity contribution is 5.64. The zero-order valence-corrected chi connectivity index (χ0v) is 31.2. The van der Waals surface area contributed by atoms with Gasteiger partial charge < -0.3 is 0 Å². The number of hydrogen-bond donors (Lipinski definition) is 0. The van der Waals surface area contributed by atoms with E-state index >= 15 is 0 Å². The van der Waals surface area contributed by atoms with Gasteiger partial charge in [0.25, 0.3) is 0 Å². The van der Waals surface area contributed by atoms with Crippen molar-refractivity contribution in [2.75, 3.05) is 0 Å². The van der Waals surface area contributed by atoms with Gasteiger partial charge in [-0.15, -0.1) is 0 Å². The molecule has 0 aromatic heterocycles. The summed E-state index contributed by atoms with van der Waals surface area (Å²) in [6, 6.07) is 36.0. The SMILES string of the molecule is CCc1cc(Cc2cc(CC)c(C)cc2C)c(C)cc1C.CCc1ccc(-c2ccc(CC)cc2)cc1.CCc1ccc(CC)cc1. The third-order valence-electron chi connectivity index (χ3n) is 9.63. The first-order valence-corrected chi connectivity index (χ1v) is 18.1. The van der Waals surface area contributed by atoms with Crippen LogP contribution < -0.4 is 0 Å². The fourth-order valence-electron chi connectivity index (χ4n) is 6.12. The first-order chi connectivity index (χ1) is 22.6. The Balaban J connectivity index is 0.000000204. The van der Waals surface area contributed by atoms with Gasteiger partial charge in [-0.1, -0.05) is 139 Å². The molecule has 5 aromatic carbocycles. The molecule has 0 heteroatoms. The van der Waals surface area contributed by atoms with Gasteiger partial charge in [-0.2, -0.15) is 0 Å². The molecular weight excluding hydrogens is 565 g/mol. The number of hydrogen-bond acceptors (Lipinski definition) is 0. The number of aryl methyl sites for hydroxylation is 10. The Bertz CT molecular complexity index is 1520. The number of benzene rings is 5. The Labute approximate surface area is 288 Å². The summed E-state index contributed by atoms with van der Waals surface area (Å²) in [5.41, 5.74) is 19.9. The van der Waals surface area contributed by atoms with Crippen LogP contribution in [0.25, 0.3) is 11.1 Å². The molecule has 5 rings (SSSR count). The summed E-state index contributed by atoms with van der Waals surface area (Å²) in [5.74, 6) is 0. The van der Waals surface area contributed by atoms with Crippen molar-refractivity contribution in [3.05, 3.63) is 164 Å². The van der Waals surface area contributed by atoms with Gasteiger partial charge in [0.05, 0.1) is 0 Å². The van der Waals surface area contributed by atoms with E-state index in [0.717, 1.165) is 44.9 Å². The van der Waals surface area contributed by atoms with E-state index in [4.69, 9.17) is 0 Å². The van der Waals surface area contributed by atoms with Gasteiger partial charge in [0.1, 0.15) is 0 Å². The summed E-state index contributed by atoms with van der Waals surface area (Å²) in [6.45, 7) is 22.2. The Morgan fingerprint density at radius 3 is 0.809 bits per heavy atom. The molecule has 0 spiro atoms. The second-order valence-corrected chi connectivity index (χ2v) is 12.9. The average Bonchev–Trinajstić information content (AvgIpc) is 3.11. The minimum Gasteiger partial charge on any atom is -0.0613 e. The summed E-state index contributed by atoms with van der Waals surface area (Å²) in [7, 11) is 0. The third kappa shape index (κ3) is 11.1. The maximum Gasteiger partial charge on any atom is -0.00203 e. The van der Waals surface area contributed by atoms with Crippen LogP contribution in [0.3, 0.4) is 0 Å².